The lowest BCUT2D eigenvalue weighted by molar-refractivity contribution is -0.384. The first-order valence-electron chi connectivity index (χ1n) is 3.61. The molecular weight excluding hydrogens is 228 g/mol. The van der Waals surface area contributed by atoms with Gasteiger partial charge in [-0.3, -0.25) is 10.1 Å². The summed E-state index contributed by atoms with van der Waals surface area (Å²) in [6.45, 7) is 0. The molecule has 8 heteroatoms. The van der Waals surface area contributed by atoms with Crippen molar-refractivity contribution < 1.29 is 13.7 Å². The number of thiocarbonyl (C=S) groups is 1. The van der Waals surface area contributed by atoms with Crippen molar-refractivity contribution in [1.29, 1.82) is 0 Å². The largest absolute Gasteiger partial charge is 0.376 e. The van der Waals surface area contributed by atoms with Crippen molar-refractivity contribution >= 4 is 28.7 Å². The SMILES string of the molecule is NC(=S)Nc1c(F)cc(F)cc1[N+](=O)[O-]. The van der Waals surface area contributed by atoms with Gasteiger partial charge in [-0.1, -0.05) is 0 Å². The summed E-state index contributed by atoms with van der Waals surface area (Å²) in [5.74, 6) is -2.18. The average molecular weight is 233 g/mol. The molecule has 0 saturated heterocycles. The molecule has 0 saturated carbocycles. The Balaban J connectivity index is 3.33. The lowest BCUT2D eigenvalue weighted by Gasteiger charge is -2.05. The molecule has 0 aliphatic heterocycles. The number of halogens is 2. The minimum Gasteiger partial charge on any atom is -0.376 e. The van der Waals surface area contributed by atoms with E-state index in [1.54, 1.807) is 0 Å². The number of nitrogens with zero attached hydrogens (tertiary/aromatic N) is 1. The number of nitro benzene ring substituents is 1. The van der Waals surface area contributed by atoms with E-state index in [4.69, 9.17) is 5.73 Å². The molecule has 1 aromatic rings. The molecule has 0 fully saturated rings. The molecule has 0 radical (unpaired) electrons. The quantitative estimate of drug-likeness (QED) is 0.460. The first-order valence-corrected chi connectivity index (χ1v) is 4.02. The van der Waals surface area contributed by atoms with Gasteiger partial charge in [-0.25, -0.2) is 8.78 Å². The van der Waals surface area contributed by atoms with Gasteiger partial charge in [0.05, 0.1) is 11.0 Å². The van der Waals surface area contributed by atoms with E-state index in [-0.39, 0.29) is 5.11 Å². The van der Waals surface area contributed by atoms with Crippen LogP contribution >= 0.6 is 12.2 Å². The van der Waals surface area contributed by atoms with Gasteiger partial charge in [0.15, 0.2) is 16.6 Å². The van der Waals surface area contributed by atoms with Crippen LogP contribution in [0.1, 0.15) is 0 Å². The van der Waals surface area contributed by atoms with Crippen LogP contribution in [0.4, 0.5) is 20.2 Å². The van der Waals surface area contributed by atoms with Crippen LogP contribution in [-0.2, 0) is 0 Å². The van der Waals surface area contributed by atoms with Crippen LogP contribution in [0.5, 0.6) is 0 Å². The summed E-state index contributed by atoms with van der Waals surface area (Å²) in [7, 11) is 0. The average Bonchev–Trinajstić information content (AvgIpc) is 2.08. The standard InChI is InChI=1S/C7H5F2N3O2S/c8-3-1-4(9)6(11-7(10)15)5(2-3)12(13)14/h1-2H,(H3,10,11,15). The molecule has 0 heterocycles. The maximum atomic E-state index is 13.1. The summed E-state index contributed by atoms with van der Waals surface area (Å²) < 4.78 is 25.8. The number of hydrogen-bond acceptors (Lipinski definition) is 3. The second-order valence-electron chi connectivity index (χ2n) is 2.53. The van der Waals surface area contributed by atoms with E-state index in [0.29, 0.717) is 12.1 Å². The highest BCUT2D eigenvalue weighted by molar-refractivity contribution is 7.80. The van der Waals surface area contributed by atoms with Gasteiger partial charge >= 0.3 is 0 Å². The van der Waals surface area contributed by atoms with E-state index in [9.17, 15) is 18.9 Å². The maximum Gasteiger partial charge on any atom is 0.298 e. The van der Waals surface area contributed by atoms with Crippen molar-refractivity contribution in [2.45, 2.75) is 0 Å². The van der Waals surface area contributed by atoms with Gasteiger partial charge in [0.1, 0.15) is 5.82 Å². The zero-order valence-corrected chi connectivity index (χ0v) is 7.98. The predicted octanol–water partition coefficient (Wildman–Crippen LogP) is 1.53. The highest BCUT2D eigenvalue weighted by Gasteiger charge is 2.20. The van der Waals surface area contributed by atoms with Crippen molar-refractivity contribution in [2.24, 2.45) is 5.73 Å². The third-order valence-corrected chi connectivity index (χ3v) is 1.58. The Hall–Kier alpha value is -1.83. The van der Waals surface area contributed by atoms with Gasteiger partial charge in [-0.15, -0.1) is 0 Å². The fourth-order valence-electron chi connectivity index (χ4n) is 0.951. The molecule has 0 aliphatic rings. The number of nitrogens with one attached hydrogen (secondary N) is 1. The van der Waals surface area contributed by atoms with E-state index in [2.05, 4.69) is 17.5 Å². The summed E-state index contributed by atoms with van der Waals surface area (Å²) in [5.41, 5.74) is 3.73. The Morgan fingerprint density at radius 1 is 1.53 bits per heavy atom. The molecule has 0 spiro atoms. The van der Waals surface area contributed by atoms with E-state index in [1.165, 1.54) is 0 Å². The molecule has 1 rings (SSSR count). The summed E-state index contributed by atoms with van der Waals surface area (Å²) in [5, 5.41) is 12.2. The summed E-state index contributed by atoms with van der Waals surface area (Å²) >= 11 is 4.40. The molecule has 0 amide bonds. The van der Waals surface area contributed by atoms with Crippen molar-refractivity contribution in [2.75, 3.05) is 5.32 Å². The highest BCUT2D eigenvalue weighted by Crippen LogP contribution is 2.28. The first kappa shape index (κ1) is 11.2. The summed E-state index contributed by atoms with van der Waals surface area (Å²) in [6.07, 6.45) is 0. The molecule has 0 atom stereocenters. The maximum absolute atomic E-state index is 13.1. The van der Waals surface area contributed by atoms with Gasteiger partial charge in [0.2, 0.25) is 0 Å². The molecular formula is C7H5F2N3O2S. The second-order valence-corrected chi connectivity index (χ2v) is 2.97. The number of nitro groups is 1. The van der Waals surface area contributed by atoms with Crippen molar-refractivity contribution in [3.05, 3.63) is 33.9 Å². The van der Waals surface area contributed by atoms with E-state index in [1.807, 2.05) is 0 Å². The molecule has 3 N–H and O–H groups in total. The molecule has 1 aromatic carbocycles. The molecule has 0 unspecified atom stereocenters. The minimum atomic E-state index is -1.13. The van der Waals surface area contributed by atoms with Crippen LogP contribution in [0.3, 0.4) is 0 Å². The van der Waals surface area contributed by atoms with Crippen molar-refractivity contribution in [3.8, 4) is 0 Å². The summed E-state index contributed by atoms with van der Waals surface area (Å²) in [4.78, 5) is 9.52. The highest BCUT2D eigenvalue weighted by atomic mass is 32.1. The van der Waals surface area contributed by atoms with E-state index >= 15 is 0 Å². The Kier molecular flexibility index (Phi) is 3.10. The molecule has 0 bridgehead atoms. The molecule has 0 aromatic heterocycles. The Bertz CT molecular complexity index is 438. The normalized spacial score (nSPS) is 9.73. The van der Waals surface area contributed by atoms with Crippen LogP contribution in [0.25, 0.3) is 0 Å². The van der Waals surface area contributed by atoms with Crippen LogP contribution in [0.15, 0.2) is 12.1 Å². The monoisotopic (exact) mass is 233 g/mol. The van der Waals surface area contributed by atoms with Gasteiger partial charge in [-0.2, -0.15) is 0 Å². The Morgan fingerprint density at radius 2 is 2.13 bits per heavy atom. The van der Waals surface area contributed by atoms with Gasteiger partial charge in [0.25, 0.3) is 5.69 Å². The molecule has 15 heavy (non-hydrogen) atoms. The van der Waals surface area contributed by atoms with Crippen LogP contribution in [0, 0.1) is 21.7 Å². The zero-order valence-electron chi connectivity index (χ0n) is 7.16. The predicted molar refractivity (Wildman–Crippen MR) is 53.4 cm³/mol. The number of benzene rings is 1. The van der Waals surface area contributed by atoms with Crippen molar-refractivity contribution in [3.63, 3.8) is 0 Å². The molecule has 80 valence electrons. The second kappa shape index (κ2) is 4.13. The first-order chi connectivity index (χ1) is 6.91. The fraction of sp³-hybridized carbons (Fsp3) is 0. The smallest absolute Gasteiger partial charge is 0.298 e. The fourth-order valence-corrected chi connectivity index (χ4v) is 1.05. The Labute approximate surface area is 88.0 Å². The van der Waals surface area contributed by atoms with Crippen LogP contribution < -0.4 is 11.1 Å². The van der Waals surface area contributed by atoms with Crippen LogP contribution in [0.2, 0.25) is 0 Å². The number of rotatable bonds is 2. The van der Waals surface area contributed by atoms with E-state index < -0.39 is 27.9 Å². The minimum absolute atomic E-state index is 0.344. The lowest BCUT2D eigenvalue weighted by atomic mass is 10.2. The van der Waals surface area contributed by atoms with Crippen LogP contribution in [-0.4, -0.2) is 10.0 Å². The molecule has 0 aliphatic carbocycles. The molecule has 5 nitrogen and oxygen atoms in total. The van der Waals surface area contributed by atoms with Gasteiger partial charge in [-0.05, 0) is 12.2 Å². The topological polar surface area (TPSA) is 81.2 Å². The van der Waals surface area contributed by atoms with E-state index in [0.717, 1.165) is 0 Å². The Morgan fingerprint density at radius 3 is 2.60 bits per heavy atom. The third kappa shape index (κ3) is 2.56. The van der Waals surface area contributed by atoms with Gasteiger partial charge < -0.3 is 11.1 Å². The summed E-state index contributed by atoms with van der Waals surface area (Å²) in [6, 6.07) is 1.07. The third-order valence-electron chi connectivity index (χ3n) is 1.48. The number of nitrogens with two attached hydrogens (primary N) is 1. The lowest BCUT2D eigenvalue weighted by Crippen LogP contribution is -2.20. The number of anilines is 1. The number of hydrogen-bond donors (Lipinski definition) is 2. The van der Waals surface area contributed by atoms with Gasteiger partial charge in [0, 0.05) is 6.07 Å². The zero-order chi connectivity index (χ0) is 11.6. The van der Waals surface area contributed by atoms with Crippen molar-refractivity contribution in [1.82, 2.24) is 0 Å².